The van der Waals surface area contributed by atoms with Crippen LogP contribution in [-0.4, -0.2) is 66.3 Å². The van der Waals surface area contributed by atoms with Crippen LogP contribution < -0.4 is 15.6 Å². The molecule has 2 aliphatic heterocycles. The van der Waals surface area contributed by atoms with Crippen molar-refractivity contribution in [2.75, 3.05) is 37.6 Å². The van der Waals surface area contributed by atoms with Crippen LogP contribution in [-0.2, 0) is 22.6 Å². The van der Waals surface area contributed by atoms with Crippen LogP contribution in [0.2, 0.25) is 5.02 Å². The summed E-state index contributed by atoms with van der Waals surface area (Å²) in [7, 11) is 0. The molecule has 9 nitrogen and oxygen atoms in total. The zero-order valence-corrected chi connectivity index (χ0v) is 25.3. The number of nitrogens with one attached hydrogen (secondary N) is 1. The molecule has 0 bridgehead atoms. The van der Waals surface area contributed by atoms with E-state index in [1.807, 2.05) is 29.2 Å². The number of hydrogen-bond donors (Lipinski definition) is 1. The van der Waals surface area contributed by atoms with E-state index in [1.165, 1.54) is 6.07 Å². The van der Waals surface area contributed by atoms with Crippen LogP contribution in [0, 0.1) is 5.82 Å². The average molecular weight is 631 g/mol. The van der Waals surface area contributed by atoms with Crippen molar-refractivity contribution in [3.8, 4) is 0 Å². The van der Waals surface area contributed by atoms with Gasteiger partial charge in [0.25, 0.3) is 5.91 Å². The van der Waals surface area contributed by atoms with Crippen LogP contribution in [0.3, 0.4) is 0 Å². The lowest BCUT2D eigenvalue weighted by Gasteiger charge is -2.38. The smallest absolute Gasteiger partial charge is 0.287 e. The summed E-state index contributed by atoms with van der Waals surface area (Å²) in [6, 6.07) is 18.6. The first-order valence-corrected chi connectivity index (χ1v) is 15.3. The van der Waals surface area contributed by atoms with Gasteiger partial charge in [-0.3, -0.25) is 19.2 Å². The molecule has 3 aromatic carbocycles. The molecule has 4 aromatic rings. The molecule has 45 heavy (non-hydrogen) atoms. The van der Waals surface area contributed by atoms with E-state index < -0.39 is 23.2 Å². The van der Waals surface area contributed by atoms with E-state index in [0.29, 0.717) is 44.2 Å². The molecule has 0 spiro atoms. The van der Waals surface area contributed by atoms with Crippen LogP contribution in [0.15, 0.2) is 82.0 Å². The van der Waals surface area contributed by atoms with Crippen molar-refractivity contribution < 1.29 is 23.2 Å². The first-order valence-electron chi connectivity index (χ1n) is 14.9. The van der Waals surface area contributed by atoms with Gasteiger partial charge in [-0.2, -0.15) is 0 Å². The van der Waals surface area contributed by atoms with E-state index in [1.54, 1.807) is 29.2 Å². The maximum atomic E-state index is 13.9. The van der Waals surface area contributed by atoms with Gasteiger partial charge >= 0.3 is 0 Å². The zero-order valence-electron chi connectivity index (χ0n) is 24.5. The minimum absolute atomic E-state index is 0.0202. The van der Waals surface area contributed by atoms with E-state index >= 15 is 0 Å². The number of amides is 3. The first kappa shape index (κ1) is 30.3. The van der Waals surface area contributed by atoms with Crippen molar-refractivity contribution in [2.24, 2.45) is 0 Å². The van der Waals surface area contributed by atoms with Gasteiger partial charge in [0.15, 0.2) is 11.2 Å². The lowest BCUT2D eigenvalue weighted by Crippen LogP contribution is -2.55. The third-order valence-corrected chi connectivity index (χ3v) is 8.58. The Kier molecular flexibility index (Phi) is 8.84. The van der Waals surface area contributed by atoms with Crippen molar-refractivity contribution in [1.82, 2.24) is 15.1 Å². The Hall–Kier alpha value is -4.70. The first-order chi connectivity index (χ1) is 21.7. The number of piperazine rings is 1. The molecule has 1 N–H and O–H groups in total. The van der Waals surface area contributed by atoms with E-state index in [2.05, 4.69) is 10.2 Å². The van der Waals surface area contributed by atoms with E-state index in [9.17, 15) is 23.6 Å². The number of halogens is 2. The van der Waals surface area contributed by atoms with Gasteiger partial charge in [0.1, 0.15) is 17.4 Å². The summed E-state index contributed by atoms with van der Waals surface area (Å²) in [5.74, 6) is -1.68. The van der Waals surface area contributed by atoms with Gasteiger partial charge in [-0.1, -0.05) is 41.9 Å². The monoisotopic (exact) mass is 630 g/mol. The second-order valence-corrected chi connectivity index (χ2v) is 11.8. The molecule has 1 atom stereocenters. The summed E-state index contributed by atoms with van der Waals surface area (Å²) in [4.78, 5) is 58.0. The molecule has 0 radical (unpaired) electrons. The minimum Gasteiger partial charge on any atom is -0.451 e. The molecule has 11 heteroatoms. The maximum Gasteiger partial charge on any atom is 0.287 e. The zero-order chi connectivity index (χ0) is 31.5. The predicted molar refractivity (Wildman–Crippen MR) is 169 cm³/mol. The van der Waals surface area contributed by atoms with Crippen LogP contribution >= 0.6 is 11.6 Å². The summed E-state index contributed by atoms with van der Waals surface area (Å²) in [6.07, 6.45) is 1.66. The molecule has 2 aliphatic rings. The highest BCUT2D eigenvalue weighted by atomic mass is 35.5. The Balaban J connectivity index is 1.18. The number of anilines is 1. The third-order valence-electron chi connectivity index (χ3n) is 8.33. The van der Waals surface area contributed by atoms with Gasteiger partial charge in [0.2, 0.25) is 11.8 Å². The van der Waals surface area contributed by atoms with Crippen LogP contribution in [0.5, 0.6) is 0 Å². The summed E-state index contributed by atoms with van der Waals surface area (Å²) in [5, 5.41) is 3.34. The molecule has 1 aromatic heterocycles. The molecular formula is C34H32ClFN4O5. The Morgan fingerprint density at radius 1 is 0.933 bits per heavy atom. The lowest BCUT2D eigenvalue weighted by atomic mass is 10.0. The number of nitrogens with zero attached hydrogens (tertiary/aromatic N) is 3. The Bertz CT molecular complexity index is 1800. The van der Waals surface area contributed by atoms with Gasteiger partial charge in [-0.25, -0.2) is 4.39 Å². The molecule has 2 saturated heterocycles. The fourth-order valence-electron chi connectivity index (χ4n) is 5.94. The van der Waals surface area contributed by atoms with Crippen molar-refractivity contribution in [3.05, 3.63) is 111 Å². The summed E-state index contributed by atoms with van der Waals surface area (Å²) in [5.41, 5.74) is 2.41. The Morgan fingerprint density at radius 3 is 2.42 bits per heavy atom. The number of carbonyl (C=O) groups excluding carboxylic acids is 3. The largest absolute Gasteiger partial charge is 0.451 e. The third kappa shape index (κ3) is 6.86. The second kappa shape index (κ2) is 13.1. The number of fused-ring (bicyclic) bond motifs is 1. The molecule has 0 saturated carbocycles. The highest BCUT2D eigenvalue weighted by Gasteiger charge is 2.31. The summed E-state index contributed by atoms with van der Waals surface area (Å²) >= 11 is 6.06. The quantitative estimate of drug-likeness (QED) is 0.310. The van der Waals surface area contributed by atoms with Gasteiger partial charge in [0, 0.05) is 68.9 Å². The highest BCUT2D eigenvalue weighted by molar-refractivity contribution is 6.30. The SMILES string of the molecule is O=C(N[C@@H](Cc1ccc(Cl)cc1)C(=O)N1CCN(c2ccccc2CN2CCCC2=O)CC1)c1cc(=O)c2cc(F)ccc2o1. The molecular weight excluding hydrogens is 599 g/mol. The average Bonchev–Trinajstić information content (AvgIpc) is 3.45. The van der Waals surface area contributed by atoms with Crippen LogP contribution in [0.25, 0.3) is 11.0 Å². The molecule has 6 rings (SSSR count). The predicted octanol–water partition coefficient (Wildman–Crippen LogP) is 4.40. The fourth-order valence-corrected chi connectivity index (χ4v) is 6.07. The van der Waals surface area contributed by atoms with E-state index in [4.69, 9.17) is 16.0 Å². The highest BCUT2D eigenvalue weighted by Crippen LogP contribution is 2.26. The van der Waals surface area contributed by atoms with E-state index in [-0.39, 0.29) is 35.0 Å². The maximum absolute atomic E-state index is 13.9. The van der Waals surface area contributed by atoms with Gasteiger partial charge in [-0.15, -0.1) is 0 Å². The molecule has 2 fully saturated rings. The number of para-hydroxylation sites is 1. The number of hydrogen-bond acceptors (Lipinski definition) is 6. The van der Waals surface area contributed by atoms with Crippen molar-refractivity contribution >= 4 is 46.0 Å². The van der Waals surface area contributed by atoms with E-state index in [0.717, 1.165) is 48.0 Å². The van der Waals surface area contributed by atoms with Gasteiger partial charge < -0.3 is 24.4 Å². The number of rotatable bonds is 8. The number of carbonyl (C=O) groups is 3. The molecule has 0 aliphatic carbocycles. The Morgan fingerprint density at radius 2 is 1.69 bits per heavy atom. The minimum atomic E-state index is -0.951. The number of benzene rings is 3. The topological polar surface area (TPSA) is 103 Å². The van der Waals surface area contributed by atoms with Crippen molar-refractivity contribution in [1.29, 1.82) is 0 Å². The normalized spacial score (nSPS) is 15.9. The fraction of sp³-hybridized carbons (Fsp3) is 0.294. The Labute approximate surface area is 264 Å². The van der Waals surface area contributed by atoms with Gasteiger partial charge in [-0.05, 0) is 53.9 Å². The molecule has 3 amide bonds. The van der Waals surface area contributed by atoms with Gasteiger partial charge in [0.05, 0.1) is 5.39 Å². The second-order valence-electron chi connectivity index (χ2n) is 11.3. The standard InChI is InChI=1S/C34H32ClFN4O5/c35-24-9-7-22(8-10-24)18-27(37-33(43)31-20-29(41)26-19-25(36)11-12-30(26)45-31)34(44)39-16-14-38(15-17-39)28-5-2-1-4-23(28)21-40-13-3-6-32(40)42/h1-2,4-5,7-12,19-20,27H,3,6,13-18,21H2,(H,37,43)/t27-/m0/s1. The lowest BCUT2D eigenvalue weighted by molar-refractivity contribution is -0.133. The summed E-state index contributed by atoms with van der Waals surface area (Å²) < 4.78 is 19.3. The van der Waals surface area contributed by atoms with Crippen LogP contribution in [0.1, 0.15) is 34.5 Å². The number of likely N-dealkylation sites (tertiary alicyclic amines) is 1. The molecule has 232 valence electrons. The molecule has 3 heterocycles. The van der Waals surface area contributed by atoms with Crippen molar-refractivity contribution in [2.45, 2.75) is 31.8 Å². The summed E-state index contributed by atoms with van der Waals surface area (Å²) in [6.45, 7) is 3.34. The van der Waals surface area contributed by atoms with Crippen LogP contribution in [0.4, 0.5) is 10.1 Å². The van der Waals surface area contributed by atoms with Crippen molar-refractivity contribution in [3.63, 3.8) is 0 Å². The molecule has 0 unspecified atom stereocenters.